The normalized spacial score (nSPS) is 19.4. The average molecular weight is 203 g/mol. The van der Waals surface area contributed by atoms with E-state index in [1.54, 1.807) is 0 Å². The number of rotatable bonds is 4. The maximum atomic E-state index is 5.96. The van der Waals surface area contributed by atoms with E-state index in [4.69, 9.17) is 4.74 Å². The third kappa shape index (κ3) is 2.74. The maximum Gasteiger partial charge on any atom is 0.122 e. The first-order valence-corrected chi connectivity index (χ1v) is 5.94. The summed E-state index contributed by atoms with van der Waals surface area (Å²) in [5, 5.41) is 0. The SMILES string of the molecule is [CH2]CCCCC1CCc2ccccc2O1. The minimum atomic E-state index is 0.437. The molecule has 1 aliphatic heterocycles. The van der Waals surface area contributed by atoms with Crippen LogP contribution in [0.15, 0.2) is 24.3 Å². The van der Waals surface area contributed by atoms with Crippen LogP contribution in [0.2, 0.25) is 0 Å². The van der Waals surface area contributed by atoms with Gasteiger partial charge in [-0.3, -0.25) is 0 Å². The number of hydrogen-bond acceptors (Lipinski definition) is 1. The fourth-order valence-electron chi connectivity index (χ4n) is 2.13. The average Bonchev–Trinajstić information content (AvgIpc) is 2.29. The summed E-state index contributed by atoms with van der Waals surface area (Å²) in [4.78, 5) is 0. The van der Waals surface area contributed by atoms with Crippen LogP contribution in [0.5, 0.6) is 5.75 Å². The summed E-state index contributed by atoms with van der Waals surface area (Å²) in [6.45, 7) is 3.86. The van der Waals surface area contributed by atoms with Crippen LogP contribution in [0.3, 0.4) is 0 Å². The van der Waals surface area contributed by atoms with E-state index in [1.165, 1.54) is 37.7 Å². The molecule has 0 N–H and O–H groups in total. The third-order valence-corrected chi connectivity index (χ3v) is 3.03. The highest BCUT2D eigenvalue weighted by molar-refractivity contribution is 5.35. The zero-order valence-electron chi connectivity index (χ0n) is 9.24. The van der Waals surface area contributed by atoms with Crippen LogP contribution >= 0.6 is 0 Å². The molecular formula is C14H19O. The van der Waals surface area contributed by atoms with Gasteiger partial charge in [-0.2, -0.15) is 0 Å². The predicted molar refractivity (Wildman–Crippen MR) is 63.0 cm³/mol. The van der Waals surface area contributed by atoms with Gasteiger partial charge in [-0.25, -0.2) is 0 Å². The first kappa shape index (κ1) is 10.5. The lowest BCUT2D eigenvalue weighted by Crippen LogP contribution is -2.22. The lowest BCUT2D eigenvalue weighted by atomic mass is 9.99. The van der Waals surface area contributed by atoms with Crippen molar-refractivity contribution in [3.63, 3.8) is 0 Å². The lowest BCUT2D eigenvalue weighted by Gasteiger charge is -2.26. The Morgan fingerprint density at radius 2 is 2.13 bits per heavy atom. The number of benzene rings is 1. The zero-order chi connectivity index (χ0) is 10.5. The van der Waals surface area contributed by atoms with E-state index in [0.29, 0.717) is 6.10 Å². The summed E-state index contributed by atoms with van der Waals surface area (Å²) < 4.78 is 5.96. The van der Waals surface area contributed by atoms with Gasteiger partial charge in [0.15, 0.2) is 0 Å². The molecule has 2 rings (SSSR count). The Labute approximate surface area is 92.5 Å². The van der Waals surface area contributed by atoms with Crippen LogP contribution in [0.1, 0.15) is 37.7 Å². The van der Waals surface area contributed by atoms with Crippen molar-refractivity contribution in [2.75, 3.05) is 0 Å². The molecule has 0 spiro atoms. The van der Waals surface area contributed by atoms with Crippen LogP contribution in [0.4, 0.5) is 0 Å². The van der Waals surface area contributed by atoms with Gasteiger partial charge in [-0.05, 0) is 37.3 Å². The number of fused-ring (bicyclic) bond motifs is 1. The fourth-order valence-corrected chi connectivity index (χ4v) is 2.13. The summed E-state index contributed by atoms with van der Waals surface area (Å²) in [6.07, 6.45) is 7.48. The van der Waals surface area contributed by atoms with Gasteiger partial charge in [0.1, 0.15) is 5.75 Å². The van der Waals surface area contributed by atoms with Gasteiger partial charge < -0.3 is 4.74 Å². The fraction of sp³-hybridized carbons (Fsp3) is 0.500. The number of aryl methyl sites for hydroxylation is 1. The molecule has 1 atom stereocenters. The van der Waals surface area contributed by atoms with E-state index in [1.807, 2.05) is 0 Å². The number of unbranched alkanes of at least 4 members (excludes halogenated alkanes) is 2. The van der Waals surface area contributed by atoms with Crippen LogP contribution in [0.25, 0.3) is 0 Å². The summed E-state index contributed by atoms with van der Waals surface area (Å²) in [5.74, 6) is 1.10. The smallest absolute Gasteiger partial charge is 0.122 e. The summed E-state index contributed by atoms with van der Waals surface area (Å²) in [7, 11) is 0. The highest BCUT2D eigenvalue weighted by atomic mass is 16.5. The van der Waals surface area contributed by atoms with Crippen molar-refractivity contribution >= 4 is 0 Å². The second-order valence-corrected chi connectivity index (χ2v) is 4.24. The molecule has 0 saturated carbocycles. The molecule has 0 fully saturated rings. The molecule has 1 aromatic rings. The van der Waals surface area contributed by atoms with Gasteiger partial charge in [0.05, 0.1) is 6.10 Å². The van der Waals surface area contributed by atoms with Crippen molar-refractivity contribution in [1.82, 2.24) is 0 Å². The van der Waals surface area contributed by atoms with E-state index < -0.39 is 0 Å². The van der Waals surface area contributed by atoms with Crippen LogP contribution in [0, 0.1) is 6.92 Å². The molecule has 0 aliphatic carbocycles. The molecule has 0 saturated heterocycles. The van der Waals surface area contributed by atoms with Crippen molar-refractivity contribution in [1.29, 1.82) is 0 Å². The summed E-state index contributed by atoms with van der Waals surface area (Å²) >= 11 is 0. The van der Waals surface area contributed by atoms with Crippen LogP contribution in [-0.4, -0.2) is 6.10 Å². The van der Waals surface area contributed by atoms with Crippen LogP contribution < -0.4 is 4.74 Å². The first-order valence-electron chi connectivity index (χ1n) is 5.94. The molecule has 81 valence electrons. The van der Waals surface area contributed by atoms with Crippen molar-refractivity contribution in [2.45, 2.75) is 44.6 Å². The molecule has 1 aliphatic rings. The Morgan fingerprint density at radius 3 is 3.00 bits per heavy atom. The molecule has 1 aromatic carbocycles. The van der Waals surface area contributed by atoms with Crippen molar-refractivity contribution in [3.05, 3.63) is 36.8 Å². The Kier molecular flexibility index (Phi) is 3.65. The Bertz CT molecular complexity index is 306. The molecular weight excluding hydrogens is 184 g/mol. The van der Waals surface area contributed by atoms with Gasteiger partial charge >= 0.3 is 0 Å². The second-order valence-electron chi connectivity index (χ2n) is 4.24. The highest BCUT2D eigenvalue weighted by Gasteiger charge is 2.18. The summed E-state index contributed by atoms with van der Waals surface area (Å²) in [6, 6.07) is 8.40. The number of para-hydroxylation sites is 1. The molecule has 0 amide bonds. The van der Waals surface area contributed by atoms with E-state index in [0.717, 1.165) is 12.2 Å². The number of hydrogen-bond donors (Lipinski definition) is 0. The van der Waals surface area contributed by atoms with Crippen molar-refractivity contribution in [2.24, 2.45) is 0 Å². The maximum absolute atomic E-state index is 5.96. The zero-order valence-corrected chi connectivity index (χ0v) is 9.24. The standard InChI is InChI=1S/C14H19O/c1-2-3-4-8-13-11-10-12-7-5-6-9-14(12)15-13/h5-7,9,13H,1-4,8,10-11H2. The Morgan fingerprint density at radius 1 is 1.27 bits per heavy atom. The van der Waals surface area contributed by atoms with Gasteiger partial charge in [0.25, 0.3) is 0 Å². The molecule has 0 bridgehead atoms. The van der Waals surface area contributed by atoms with Crippen LogP contribution in [-0.2, 0) is 6.42 Å². The molecule has 1 unspecified atom stereocenters. The quantitative estimate of drug-likeness (QED) is 0.677. The van der Waals surface area contributed by atoms with E-state index >= 15 is 0 Å². The minimum absolute atomic E-state index is 0.437. The minimum Gasteiger partial charge on any atom is -0.490 e. The number of ether oxygens (including phenoxy) is 1. The lowest BCUT2D eigenvalue weighted by molar-refractivity contribution is 0.160. The topological polar surface area (TPSA) is 9.23 Å². The highest BCUT2D eigenvalue weighted by Crippen LogP contribution is 2.28. The van der Waals surface area contributed by atoms with Gasteiger partial charge in [0.2, 0.25) is 0 Å². The Balaban J connectivity index is 1.88. The van der Waals surface area contributed by atoms with Crippen molar-refractivity contribution < 1.29 is 4.74 Å². The molecule has 1 radical (unpaired) electrons. The predicted octanol–water partition coefficient (Wildman–Crippen LogP) is 3.77. The van der Waals surface area contributed by atoms with Crippen molar-refractivity contribution in [3.8, 4) is 5.75 Å². The van der Waals surface area contributed by atoms with E-state index in [-0.39, 0.29) is 0 Å². The monoisotopic (exact) mass is 203 g/mol. The second kappa shape index (κ2) is 5.20. The molecule has 1 heteroatoms. The molecule has 15 heavy (non-hydrogen) atoms. The van der Waals surface area contributed by atoms with E-state index in [9.17, 15) is 0 Å². The van der Waals surface area contributed by atoms with Gasteiger partial charge in [-0.1, -0.05) is 38.0 Å². The first-order chi connectivity index (χ1) is 7.40. The molecule has 1 nitrogen and oxygen atoms in total. The van der Waals surface area contributed by atoms with Gasteiger partial charge in [-0.15, -0.1) is 0 Å². The third-order valence-electron chi connectivity index (χ3n) is 3.03. The largest absolute Gasteiger partial charge is 0.490 e. The molecule has 1 heterocycles. The van der Waals surface area contributed by atoms with E-state index in [2.05, 4.69) is 31.2 Å². The summed E-state index contributed by atoms with van der Waals surface area (Å²) in [5.41, 5.74) is 1.37. The van der Waals surface area contributed by atoms with Gasteiger partial charge in [0, 0.05) is 0 Å². The Hall–Kier alpha value is -0.980. The molecule has 0 aromatic heterocycles.